The van der Waals surface area contributed by atoms with Gasteiger partial charge in [0.15, 0.2) is 0 Å². The van der Waals surface area contributed by atoms with Crippen LogP contribution in [0.25, 0.3) is 17.0 Å². The van der Waals surface area contributed by atoms with Crippen LogP contribution in [0.4, 0.5) is 0 Å². The first-order chi connectivity index (χ1) is 8.84. The first-order valence-corrected chi connectivity index (χ1v) is 7.00. The molecule has 1 N–H and O–H groups in total. The molecule has 0 radical (unpaired) electrons. The zero-order valence-corrected chi connectivity index (χ0v) is 11.1. The minimum Gasteiger partial charge on any atom is -0.361 e. The number of H-pyrrole nitrogens is 1. The number of allylic oxidation sites excluding steroid dienone is 1. The minimum atomic E-state index is 0.420. The van der Waals surface area contributed by atoms with E-state index in [1.807, 2.05) is 0 Å². The SMILES string of the molecule is C[C@@H](/C=C/c1cccs1)c1c[nH]c2ccccc12. The highest BCUT2D eigenvalue weighted by Crippen LogP contribution is 2.27. The normalized spacial score (nSPS) is 13.4. The van der Waals surface area contributed by atoms with Crippen molar-refractivity contribution in [3.8, 4) is 0 Å². The van der Waals surface area contributed by atoms with Crippen LogP contribution in [-0.2, 0) is 0 Å². The molecule has 3 rings (SSSR count). The molecule has 3 aromatic rings. The van der Waals surface area contributed by atoms with Gasteiger partial charge in [0.25, 0.3) is 0 Å². The number of thiophene rings is 1. The molecule has 0 bridgehead atoms. The van der Waals surface area contributed by atoms with Crippen LogP contribution in [0.5, 0.6) is 0 Å². The molecule has 2 aromatic heterocycles. The average molecular weight is 253 g/mol. The molecule has 0 saturated heterocycles. The Hall–Kier alpha value is -1.80. The van der Waals surface area contributed by atoms with Crippen LogP contribution >= 0.6 is 11.3 Å². The van der Waals surface area contributed by atoms with Crippen molar-refractivity contribution >= 4 is 28.3 Å². The van der Waals surface area contributed by atoms with E-state index in [9.17, 15) is 0 Å². The number of aromatic nitrogens is 1. The third-order valence-electron chi connectivity index (χ3n) is 3.20. The maximum Gasteiger partial charge on any atom is 0.0457 e. The summed E-state index contributed by atoms with van der Waals surface area (Å²) in [7, 11) is 0. The van der Waals surface area contributed by atoms with E-state index >= 15 is 0 Å². The van der Waals surface area contributed by atoms with Crippen molar-refractivity contribution in [1.82, 2.24) is 4.98 Å². The van der Waals surface area contributed by atoms with E-state index in [0.717, 1.165) is 0 Å². The lowest BCUT2D eigenvalue weighted by molar-refractivity contribution is 0.984. The van der Waals surface area contributed by atoms with E-state index in [1.54, 1.807) is 11.3 Å². The van der Waals surface area contributed by atoms with Gasteiger partial charge in [-0.3, -0.25) is 0 Å². The number of para-hydroxylation sites is 1. The summed E-state index contributed by atoms with van der Waals surface area (Å²) in [4.78, 5) is 4.64. The second-order valence-corrected chi connectivity index (χ2v) is 5.43. The highest BCUT2D eigenvalue weighted by Gasteiger charge is 2.07. The van der Waals surface area contributed by atoms with E-state index in [2.05, 4.69) is 72.0 Å². The summed E-state index contributed by atoms with van der Waals surface area (Å²) in [6.45, 7) is 2.24. The molecule has 1 atom stereocenters. The van der Waals surface area contributed by atoms with E-state index < -0.39 is 0 Å². The molecular formula is C16H15NS. The monoisotopic (exact) mass is 253 g/mol. The van der Waals surface area contributed by atoms with Crippen molar-refractivity contribution in [2.24, 2.45) is 0 Å². The van der Waals surface area contributed by atoms with Gasteiger partial charge in [-0.25, -0.2) is 0 Å². The van der Waals surface area contributed by atoms with Gasteiger partial charge >= 0.3 is 0 Å². The number of fused-ring (bicyclic) bond motifs is 1. The Morgan fingerprint density at radius 2 is 2.06 bits per heavy atom. The zero-order valence-electron chi connectivity index (χ0n) is 10.3. The largest absolute Gasteiger partial charge is 0.361 e. The van der Waals surface area contributed by atoms with E-state index in [4.69, 9.17) is 0 Å². The second kappa shape index (κ2) is 4.83. The lowest BCUT2D eigenvalue weighted by atomic mass is 10.00. The predicted molar refractivity (Wildman–Crippen MR) is 80.1 cm³/mol. The van der Waals surface area contributed by atoms with Gasteiger partial charge in [0, 0.05) is 27.9 Å². The summed E-state index contributed by atoms with van der Waals surface area (Å²) in [6.07, 6.45) is 6.59. The lowest BCUT2D eigenvalue weighted by Crippen LogP contribution is -1.86. The molecule has 0 aliphatic carbocycles. The highest BCUT2D eigenvalue weighted by atomic mass is 32.1. The van der Waals surface area contributed by atoms with Crippen molar-refractivity contribution < 1.29 is 0 Å². The summed E-state index contributed by atoms with van der Waals surface area (Å²) < 4.78 is 0. The fourth-order valence-corrected chi connectivity index (χ4v) is 2.83. The van der Waals surface area contributed by atoms with Gasteiger partial charge in [0.05, 0.1) is 0 Å². The zero-order chi connectivity index (χ0) is 12.4. The maximum atomic E-state index is 3.33. The van der Waals surface area contributed by atoms with Crippen molar-refractivity contribution in [3.63, 3.8) is 0 Å². The predicted octanol–water partition coefficient (Wildman–Crippen LogP) is 5.05. The van der Waals surface area contributed by atoms with Crippen LogP contribution in [0.3, 0.4) is 0 Å². The Labute approximate surface area is 111 Å². The topological polar surface area (TPSA) is 15.8 Å². The van der Waals surface area contributed by atoms with Crippen molar-refractivity contribution in [3.05, 3.63) is 64.5 Å². The van der Waals surface area contributed by atoms with Crippen molar-refractivity contribution in [1.29, 1.82) is 0 Å². The molecule has 18 heavy (non-hydrogen) atoms. The van der Waals surface area contributed by atoms with Gasteiger partial charge in [0.1, 0.15) is 0 Å². The molecule has 0 aliphatic heterocycles. The Morgan fingerprint density at radius 1 is 1.17 bits per heavy atom. The van der Waals surface area contributed by atoms with Crippen molar-refractivity contribution in [2.75, 3.05) is 0 Å². The third kappa shape index (κ3) is 2.12. The summed E-state index contributed by atoms with van der Waals surface area (Å²) in [6, 6.07) is 12.7. The standard InChI is InChI=1S/C16H15NS/c1-12(8-9-13-5-4-10-18-13)15-11-17-16-7-3-2-6-14(15)16/h2-12,17H,1H3/b9-8+/t12-/m0/s1. The van der Waals surface area contributed by atoms with E-state index in [-0.39, 0.29) is 0 Å². The number of hydrogen-bond donors (Lipinski definition) is 1. The minimum absolute atomic E-state index is 0.420. The Balaban J connectivity index is 1.90. The molecular weight excluding hydrogens is 238 g/mol. The maximum absolute atomic E-state index is 3.33. The van der Waals surface area contributed by atoms with Gasteiger partial charge in [-0.1, -0.05) is 37.3 Å². The summed E-state index contributed by atoms with van der Waals surface area (Å²) in [5.74, 6) is 0.420. The first kappa shape index (κ1) is 11.3. The van der Waals surface area contributed by atoms with Crippen LogP contribution in [0.15, 0.2) is 54.1 Å². The van der Waals surface area contributed by atoms with Crippen LogP contribution in [0.2, 0.25) is 0 Å². The fourth-order valence-electron chi connectivity index (χ4n) is 2.20. The van der Waals surface area contributed by atoms with E-state index in [1.165, 1.54) is 21.3 Å². The van der Waals surface area contributed by atoms with Crippen molar-refractivity contribution in [2.45, 2.75) is 12.8 Å². The number of aromatic amines is 1. The first-order valence-electron chi connectivity index (χ1n) is 6.12. The van der Waals surface area contributed by atoms with Crippen LogP contribution in [-0.4, -0.2) is 4.98 Å². The molecule has 0 aliphatic rings. The van der Waals surface area contributed by atoms with Gasteiger partial charge < -0.3 is 4.98 Å². The Kier molecular flexibility index (Phi) is 3.03. The second-order valence-electron chi connectivity index (χ2n) is 4.45. The summed E-state index contributed by atoms with van der Waals surface area (Å²) in [5, 5.41) is 3.43. The highest BCUT2D eigenvalue weighted by molar-refractivity contribution is 7.10. The summed E-state index contributed by atoms with van der Waals surface area (Å²) >= 11 is 1.77. The lowest BCUT2D eigenvalue weighted by Gasteiger charge is -2.04. The van der Waals surface area contributed by atoms with Gasteiger partial charge in [-0.2, -0.15) is 0 Å². The van der Waals surface area contributed by atoms with Gasteiger partial charge in [-0.15, -0.1) is 11.3 Å². The summed E-state index contributed by atoms with van der Waals surface area (Å²) in [5.41, 5.74) is 2.57. The number of hydrogen-bond acceptors (Lipinski definition) is 1. The van der Waals surface area contributed by atoms with Crippen LogP contribution in [0, 0.1) is 0 Å². The van der Waals surface area contributed by atoms with Crippen LogP contribution in [0.1, 0.15) is 23.3 Å². The molecule has 0 amide bonds. The molecule has 0 spiro atoms. The van der Waals surface area contributed by atoms with Gasteiger partial charge in [-0.05, 0) is 29.2 Å². The number of nitrogens with one attached hydrogen (secondary N) is 1. The molecule has 1 nitrogen and oxygen atoms in total. The smallest absolute Gasteiger partial charge is 0.0457 e. The molecule has 0 unspecified atom stereocenters. The van der Waals surface area contributed by atoms with E-state index in [0.29, 0.717) is 5.92 Å². The number of rotatable bonds is 3. The van der Waals surface area contributed by atoms with Gasteiger partial charge in [0.2, 0.25) is 0 Å². The Morgan fingerprint density at radius 3 is 2.89 bits per heavy atom. The molecule has 1 aromatic carbocycles. The quantitative estimate of drug-likeness (QED) is 0.672. The molecule has 2 heterocycles. The fraction of sp³-hybridized carbons (Fsp3) is 0.125. The van der Waals surface area contributed by atoms with Crippen LogP contribution < -0.4 is 0 Å². The molecule has 2 heteroatoms. The molecule has 0 saturated carbocycles. The molecule has 0 fully saturated rings. The average Bonchev–Trinajstić information content (AvgIpc) is 3.05. The number of benzene rings is 1. The molecule has 90 valence electrons. The third-order valence-corrected chi connectivity index (χ3v) is 4.04. The Bertz CT molecular complexity index is 661.